The molecule has 1 saturated carbocycles. The summed E-state index contributed by atoms with van der Waals surface area (Å²) in [5, 5.41) is 9.78. The molecule has 0 radical (unpaired) electrons. The third kappa shape index (κ3) is 2.23. The lowest BCUT2D eigenvalue weighted by Crippen LogP contribution is -2.49. The van der Waals surface area contributed by atoms with E-state index in [1.165, 1.54) is 0 Å². The minimum atomic E-state index is -0.365. The van der Waals surface area contributed by atoms with Gasteiger partial charge in [0.05, 0.1) is 12.0 Å². The summed E-state index contributed by atoms with van der Waals surface area (Å²) >= 11 is 0. The smallest absolute Gasteiger partial charge is 0.227 e. The third-order valence-corrected chi connectivity index (χ3v) is 4.12. The van der Waals surface area contributed by atoms with E-state index in [9.17, 15) is 9.90 Å². The van der Waals surface area contributed by atoms with Gasteiger partial charge < -0.3 is 15.7 Å². The zero-order valence-corrected chi connectivity index (χ0v) is 9.93. The van der Waals surface area contributed by atoms with Gasteiger partial charge in [0.15, 0.2) is 0 Å². The first kappa shape index (κ1) is 11.9. The maximum Gasteiger partial charge on any atom is 0.227 e. The molecule has 0 aromatic carbocycles. The lowest BCUT2D eigenvalue weighted by molar-refractivity contribution is -0.140. The Kier molecular flexibility index (Phi) is 3.50. The molecule has 0 bridgehead atoms. The Morgan fingerprint density at radius 1 is 1.38 bits per heavy atom. The topological polar surface area (TPSA) is 66.6 Å². The van der Waals surface area contributed by atoms with E-state index in [1.54, 1.807) is 4.90 Å². The van der Waals surface area contributed by atoms with Gasteiger partial charge in [0.1, 0.15) is 0 Å². The van der Waals surface area contributed by atoms with Gasteiger partial charge in [-0.3, -0.25) is 4.79 Å². The number of aliphatic hydroxyl groups is 1. The van der Waals surface area contributed by atoms with Crippen molar-refractivity contribution >= 4 is 5.91 Å². The second kappa shape index (κ2) is 4.72. The Morgan fingerprint density at radius 2 is 2.12 bits per heavy atom. The molecule has 3 N–H and O–H groups in total. The molecule has 0 aromatic heterocycles. The standard InChI is InChI=1S/C12H22N2O2/c1-8-5-6-14(7-11(8)15)12(16)9-3-2-4-10(9)13/h8-11,15H,2-7,13H2,1H3. The second-order valence-electron chi connectivity index (χ2n) is 5.32. The predicted octanol–water partition coefficient (Wildman–Crippen LogP) is 0.343. The van der Waals surface area contributed by atoms with Crippen LogP contribution in [0.15, 0.2) is 0 Å². The molecular formula is C12H22N2O2. The Hall–Kier alpha value is -0.610. The van der Waals surface area contributed by atoms with Crippen LogP contribution in [0.25, 0.3) is 0 Å². The number of amides is 1. The van der Waals surface area contributed by atoms with Crippen LogP contribution in [0.1, 0.15) is 32.6 Å². The van der Waals surface area contributed by atoms with Gasteiger partial charge >= 0.3 is 0 Å². The number of likely N-dealkylation sites (tertiary alicyclic amines) is 1. The molecule has 2 rings (SSSR count). The molecule has 92 valence electrons. The van der Waals surface area contributed by atoms with Crippen molar-refractivity contribution in [3.8, 4) is 0 Å². The van der Waals surface area contributed by atoms with Crippen LogP contribution < -0.4 is 5.73 Å². The van der Waals surface area contributed by atoms with E-state index in [1.807, 2.05) is 6.92 Å². The summed E-state index contributed by atoms with van der Waals surface area (Å²) in [5.74, 6) is 0.470. The average molecular weight is 226 g/mol. The van der Waals surface area contributed by atoms with Crippen molar-refractivity contribution in [2.45, 2.75) is 44.8 Å². The number of carbonyl (C=O) groups excluding carboxylic acids is 1. The molecule has 1 heterocycles. The number of carbonyl (C=O) groups is 1. The highest BCUT2D eigenvalue weighted by atomic mass is 16.3. The van der Waals surface area contributed by atoms with Crippen LogP contribution in [0.4, 0.5) is 0 Å². The fourth-order valence-electron chi connectivity index (χ4n) is 2.78. The summed E-state index contributed by atoms with van der Waals surface area (Å²) in [6, 6.07) is 0.0315. The quantitative estimate of drug-likeness (QED) is 0.677. The van der Waals surface area contributed by atoms with Crippen molar-refractivity contribution in [3.05, 3.63) is 0 Å². The lowest BCUT2D eigenvalue weighted by Gasteiger charge is -2.36. The number of aliphatic hydroxyl groups excluding tert-OH is 1. The molecule has 4 atom stereocenters. The van der Waals surface area contributed by atoms with Gasteiger partial charge in [-0.25, -0.2) is 0 Å². The highest BCUT2D eigenvalue weighted by Crippen LogP contribution is 2.27. The van der Waals surface area contributed by atoms with Crippen LogP contribution in [0.2, 0.25) is 0 Å². The molecule has 1 saturated heterocycles. The van der Waals surface area contributed by atoms with Crippen LogP contribution in [0.5, 0.6) is 0 Å². The zero-order valence-electron chi connectivity index (χ0n) is 9.93. The summed E-state index contributed by atoms with van der Waals surface area (Å²) in [6.45, 7) is 3.30. The van der Waals surface area contributed by atoms with Crippen LogP contribution in [-0.4, -0.2) is 41.1 Å². The number of rotatable bonds is 1. The number of hydrogen-bond donors (Lipinski definition) is 2. The van der Waals surface area contributed by atoms with Gasteiger partial charge in [-0.2, -0.15) is 0 Å². The van der Waals surface area contributed by atoms with Gasteiger partial charge in [0.2, 0.25) is 5.91 Å². The summed E-state index contributed by atoms with van der Waals surface area (Å²) in [4.78, 5) is 14.0. The molecule has 4 nitrogen and oxygen atoms in total. The fraction of sp³-hybridized carbons (Fsp3) is 0.917. The number of β-amino-alcohol motifs (C(OH)–C–C–N with tert-alkyl or cyclic N) is 1. The molecule has 0 spiro atoms. The molecular weight excluding hydrogens is 204 g/mol. The lowest BCUT2D eigenvalue weighted by atomic mass is 9.94. The molecule has 4 heteroatoms. The summed E-state index contributed by atoms with van der Waals surface area (Å²) in [7, 11) is 0. The first-order valence-electron chi connectivity index (χ1n) is 6.32. The molecule has 2 fully saturated rings. The van der Waals surface area contributed by atoms with Gasteiger partial charge in [0.25, 0.3) is 0 Å². The van der Waals surface area contributed by atoms with E-state index in [0.717, 1.165) is 32.2 Å². The van der Waals surface area contributed by atoms with Crippen molar-refractivity contribution in [1.29, 1.82) is 0 Å². The van der Waals surface area contributed by atoms with Crippen molar-refractivity contribution in [3.63, 3.8) is 0 Å². The van der Waals surface area contributed by atoms with Gasteiger partial charge in [-0.15, -0.1) is 0 Å². The molecule has 16 heavy (non-hydrogen) atoms. The van der Waals surface area contributed by atoms with E-state index in [-0.39, 0.29) is 24.0 Å². The Bertz CT molecular complexity index is 270. The maximum absolute atomic E-state index is 12.2. The zero-order chi connectivity index (χ0) is 11.7. The highest BCUT2D eigenvalue weighted by molar-refractivity contribution is 5.80. The van der Waals surface area contributed by atoms with Crippen molar-refractivity contribution in [2.24, 2.45) is 17.6 Å². The first-order valence-corrected chi connectivity index (χ1v) is 6.32. The molecule has 1 aliphatic carbocycles. The van der Waals surface area contributed by atoms with E-state index < -0.39 is 0 Å². The Labute approximate surface area is 96.8 Å². The predicted molar refractivity (Wildman–Crippen MR) is 61.7 cm³/mol. The third-order valence-electron chi connectivity index (χ3n) is 4.12. The highest BCUT2D eigenvalue weighted by Gasteiger charge is 2.36. The molecule has 1 amide bonds. The van der Waals surface area contributed by atoms with Gasteiger partial charge in [0, 0.05) is 19.1 Å². The summed E-state index contributed by atoms with van der Waals surface area (Å²) in [6.07, 6.45) is 3.47. The Morgan fingerprint density at radius 3 is 2.69 bits per heavy atom. The van der Waals surface area contributed by atoms with E-state index >= 15 is 0 Å². The van der Waals surface area contributed by atoms with Crippen LogP contribution in [0, 0.1) is 11.8 Å². The van der Waals surface area contributed by atoms with Crippen molar-refractivity contribution in [1.82, 2.24) is 4.90 Å². The maximum atomic E-state index is 12.2. The minimum absolute atomic E-state index is 0.000561. The average Bonchev–Trinajstić information content (AvgIpc) is 2.67. The van der Waals surface area contributed by atoms with Gasteiger partial charge in [-0.1, -0.05) is 13.3 Å². The summed E-state index contributed by atoms with van der Waals surface area (Å²) in [5.41, 5.74) is 5.94. The van der Waals surface area contributed by atoms with Crippen LogP contribution in [0.3, 0.4) is 0 Å². The number of hydrogen-bond acceptors (Lipinski definition) is 3. The van der Waals surface area contributed by atoms with E-state index in [4.69, 9.17) is 5.73 Å². The van der Waals surface area contributed by atoms with Crippen molar-refractivity contribution < 1.29 is 9.90 Å². The van der Waals surface area contributed by atoms with Crippen molar-refractivity contribution in [2.75, 3.05) is 13.1 Å². The van der Waals surface area contributed by atoms with Gasteiger partial charge in [-0.05, 0) is 25.2 Å². The molecule has 1 aliphatic heterocycles. The molecule has 0 aromatic rings. The molecule has 4 unspecified atom stereocenters. The SMILES string of the molecule is CC1CCN(C(=O)C2CCCC2N)CC1O. The van der Waals surface area contributed by atoms with Crippen LogP contribution in [-0.2, 0) is 4.79 Å². The minimum Gasteiger partial charge on any atom is -0.391 e. The summed E-state index contributed by atoms with van der Waals surface area (Å²) < 4.78 is 0. The van der Waals surface area contributed by atoms with Crippen LogP contribution >= 0.6 is 0 Å². The monoisotopic (exact) mass is 226 g/mol. The fourth-order valence-corrected chi connectivity index (χ4v) is 2.78. The van der Waals surface area contributed by atoms with E-state index in [0.29, 0.717) is 12.5 Å². The number of nitrogens with zero attached hydrogens (tertiary/aromatic N) is 1. The number of piperidine rings is 1. The molecule has 2 aliphatic rings. The first-order chi connectivity index (χ1) is 7.59. The second-order valence-corrected chi connectivity index (χ2v) is 5.32. The normalized spacial score (nSPS) is 40.1. The van der Waals surface area contributed by atoms with E-state index in [2.05, 4.69) is 0 Å². The Balaban J connectivity index is 1.95. The largest absolute Gasteiger partial charge is 0.391 e. The number of nitrogens with two attached hydrogens (primary N) is 1.